The van der Waals surface area contributed by atoms with Crippen molar-refractivity contribution in [1.82, 2.24) is 16.0 Å². The van der Waals surface area contributed by atoms with Crippen molar-refractivity contribution < 1.29 is 4.39 Å². The van der Waals surface area contributed by atoms with Crippen LogP contribution in [0.4, 0.5) is 10.1 Å². The molecule has 0 spiro atoms. The summed E-state index contributed by atoms with van der Waals surface area (Å²) in [6, 6.07) is 6.94. The molecule has 2 aliphatic rings. The lowest BCUT2D eigenvalue weighted by Crippen LogP contribution is -2.43. The summed E-state index contributed by atoms with van der Waals surface area (Å²) < 4.78 is 13.3. The van der Waals surface area contributed by atoms with Gasteiger partial charge in [0.2, 0.25) is 0 Å². The Morgan fingerprint density at radius 3 is 1.84 bits per heavy atom. The molecule has 1 aromatic rings. The van der Waals surface area contributed by atoms with Gasteiger partial charge in [-0.25, -0.2) is 4.39 Å². The van der Waals surface area contributed by atoms with E-state index in [0.29, 0.717) is 0 Å². The maximum absolute atomic E-state index is 13.3. The molecule has 2 heterocycles. The van der Waals surface area contributed by atoms with Crippen LogP contribution in [0, 0.1) is 5.82 Å². The molecule has 0 unspecified atom stereocenters. The zero-order valence-corrected chi connectivity index (χ0v) is 11.3. The number of hydrogen-bond acceptors (Lipinski definition) is 4. The van der Waals surface area contributed by atoms with E-state index in [1.54, 1.807) is 6.07 Å². The summed E-state index contributed by atoms with van der Waals surface area (Å²) in [5.74, 6) is -0.121. The second-order valence-electron chi connectivity index (χ2n) is 4.69. The molecule has 106 valence electrons. The lowest BCUT2D eigenvalue weighted by atomic mass is 10.2. The number of halogens is 1. The minimum absolute atomic E-state index is 0.121. The van der Waals surface area contributed by atoms with Crippen molar-refractivity contribution in [2.75, 3.05) is 57.3 Å². The molecule has 0 aromatic heterocycles. The zero-order valence-electron chi connectivity index (χ0n) is 11.3. The molecule has 0 amide bonds. The first-order chi connectivity index (χ1) is 9.38. The van der Waals surface area contributed by atoms with Crippen LogP contribution in [-0.4, -0.2) is 52.4 Å². The van der Waals surface area contributed by atoms with Crippen molar-refractivity contribution in [3.05, 3.63) is 30.1 Å². The Balaban J connectivity index is 0.000000186. The van der Waals surface area contributed by atoms with Crippen LogP contribution in [0.2, 0.25) is 0 Å². The van der Waals surface area contributed by atoms with Gasteiger partial charge in [0, 0.05) is 52.4 Å². The minimum atomic E-state index is -0.121. The van der Waals surface area contributed by atoms with E-state index in [0.717, 1.165) is 58.0 Å². The first-order valence-electron chi connectivity index (χ1n) is 6.99. The third-order valence-electron chi connectivity index (χ3n) is 3.27. The SMILES string of the molecule is C1CNCCN1.Fc1ccccc1N1CCNCC1. The largest absolute Gasteiger partial charge is 0.367 e. The molecule has 2 fully saturated rings. The van der Waals surface area contributed by atoms with E-state index in [9.17, 15) is 4.39 Å². The predicted octanol–water partition coefficient (Wildman–Crippen LogP) is 0.415. The van der Waals surface area contributed by atoms with Gasteiger partial charge in [0.25, 0.3) is 0 Å². The number of piperazine rings is 2. The van der Waals surface area contributed by atoms with E-state index in [2.05, 4.69) is 20.9 Å². The molecule has 19 heavy (non-hydrogen) atoms. The highest BCUT2D eigenvalue weighted by molar-refractivity contribution is 5.47. The molecule has 4 nitrogen and oxygen atoms in total. The summed E-state index contributed by atoms with van der Waals surface area (Å²) in [5, 5.41) is 9.68. The van der Waals surface area contributed by atoms with Gasteiger partial charge in [-0.05, 0) is 12.1 Å². The van der Waals surface area contributed by atoms with Crippen molar-refractivity contribution >= 4 is 5.69 Å². The lowest BCUT2D eigenvalue weighted by molar-refractivity contribution is 0.534. The molecule has 5 heteroatoms. The molecule has 2 saturated heterocycles. The normalized spacial score (nSPS) is 19.5. The van der Waals surface area contributed by atoms with Crippen LogP contribution in [0.15, 0.2) is 24.3 Å². The summed E-state index contributed by atoms with van der Waals surface area (Å²) in [5.41, 5.74) is 0.726. The van der Waals surface area contributed by atoms with Gasteiger partial charge in [-0.3, -0.25) is 0 Å². The highest BCUT2D eigenvalue weighted by Gasteiger charge is 2.12. The van der Waals surface area contributed by atoms with Gasteiger partial charge >= 0.3 is 0 Å². The van der Waals surface area contributed by atoms with Gasteiger partial charge in [-0.2, -0.15) is 0 Å². The highest BCUT2D eigenvalue weighted by atomic mass is 19.1. The number of benzene rings is 1. The molecule has 0 bridgehead atoms. The molecule has 0 radical (unpaired) electrons. The summed E-state index contributed by atoms with van der Waals surface area (Å²) in [6.07, 6.45) is 0. The zero-order chi connectivity index (χ0) is 13.3. The Hall–Kier alpha value is -1.17. The Labute approximate surface area is 114 Å². The topological polar surface area (TPSA) is 39.3 Å². The van der Waals surface area contributed by atoms with Crippen molar-refractivity contribution in [3.63, 3.8) is 0 Å². The van der Waals surface area contributed by atoms with E-state index in [-0.39, 0.29) is 5.82 Å². The van der Waals surface area contributed by atoms with Crippen LogP contribution in [0.5, 0.6) is 0 Å². The molecule has 0 saturated carbocycles. The maximum Gasteiger partial charge on any atom is 0.146 e. The first-order valence-corrected chi connectivity index (χ1v) is 6.99. The summed E-state index contributed by atoms with van der Waals surface area (Å²) in [6.45, 7) is 8.21. The van der Waals surface area contributed by atoms with Gasteiger partial charge in [0.15, 0.2) is 0 Å². The number of hydrogen-bond donors (Lipinski definition) is 3. The van der Waals surface area contributed by atoms with Crippen molar-refractivity contribution in [3.8, 4) is 0 Å². The molecule has 2 aliphatic heterocycles. The Morgan fingerprint density at radius 1 is 0.789 bits per heavy atom. The average Bonchev–Trinajstić information content (AvgIpc) is 2.51. The quantitative estimate of drug-likeness (QED) is 0.689. The molecular formula is C14H23FN4. The summed E-state index contributed by atoms with van der Waals surface area (Å²) in [7, 11) is 0. The average molecular weight is 266 g/mol. The van der Waals surface area contributed by atoms with Crippen molar-refractivity contribution in [2.24, 2.45) is 0 Å². The van der Waals surface area contributed by atoms with E-state index in [1.807, 2.05) is 12.1 Å². The second-order valence-corrected chi connectivity index (χ2v) is 4.69. The van der Waals surface area contributed by atoms with Gasteiger partial charge < -0.3 is 20.9 Å². The van der Waals surface area contributed by atoms with Crippen molar-refractivity contribution in [1.29, 1.82) is 0 Å². The fourth-order valence-corrected chi connectivity index (χ4v) is 2.22. The molecule has 0 aliphatic carbocycles. The monoisotopic (exact) mass is 266 g/mol. The maximum atomic E-state index is 13.3. The highest BCUT2D eigenvalue weighted by Crippen LogP contribution is 2.18. The van der Waals surface area contributed by atoms with Gasteiger partial charge in [0.1, 0.15) is 5.82 Å². The number of rotatable bonds is 1. The molecule has 3 N–H and O–H groups in total. The van der Waals surface area contributed by atoms with Crippen LogP contribution in [-0.2, 0) is 0 Å². The van der Waals surface area contributed by atoms with Gasteiger partial charge in [0.05, 0.1) is 5.69 Å². The van der Waals surface area contributed by atoms with Crippen LogP contribution in [0.1, 0.15) is 0 Å². The second kappa shape index (κ2) is 8.09. The standard InChI is InChI=1S/C10H13FN2.C4H10N2/c11-9-3-1-2-4-10(9)13-7-5-12-6-8-13;1-2-6-4-3-5-1/h1-4,12H,5-8H2;5-6H,1-4H2. The Bertz CT molecular complexity index is 351. The minimum Gasteiger partial charge on any atom is -0.367 e. The lowest BCUT2D eigenvalue weighted by Gasteiger charge is -2.29. The van der Waals surface area contributed by atoms with E-state index in [1.165, 1.54) is 6.07 Å². The molecule has 1 aromatic carbocycles. The smallest absolute Gasteiger partial charge is 0.146 e. The number of nitrogens with one attached hydrogen (secondary N) is 3. The first kappa shape index (κ1) is 14.2. The van der Waals surface area contributed by atoms with Crippen molar-refractivity contribution in [2.45, 2.75) is 0 Å². The van der Waals surface area contributed by atoms with Crippen LogP contribution < -0.4 is 20.9 Å². The third kappa shape index (κ3) is 4.78. The van der Waals surface area contributed by atoms with Gasteiger partial charge in [-0.15, -0.1) is 0 Å². The Morgan fingerprint density at radius 2 is 1.32 bits per heavy atom. The molecule has 3 rings (SSSR count). The third-order valence-corrected chi connectivity index (χ3v) is 3.27. The van der Waals surface area contributed by atoms with Gasteiger partial charge in [-0.1, -0.05) is 12.1 Å². The molecule has 0 atom stereocenters. The van der Waals surface area contributed by atoms with E-state index < -0.39 is 0 Å². The summed E-state index contributed by atoms with van der Waals surface area (Å²) in [4.78, 5) is 2.08. The van der Waals surface area contributed by atoms with E-state index in [4.69, 9.17) is 0 Å². The number of anilines is 1. The Kier molecular flexibility index (Phi) is 6.07. The predicted molar refractivity (Wildman–Crippen MR) is 77.2 cm³/mol. The fraction of sp³-hybridized carbons (Fsp3) is 0.571. The molecular weight excluding hydrogens is 243 g/mol. The van der Waals surface area contributed by atoms with E-state index >= 15 is 0 Å². The number of nitrogens with zero attached hydrogens (tertiary/aromatic N) is 1. The fourth-order valence-electron chi connectivity index (χ4n) is 2.22. The van der Waals surface area contributed by atoms with Crippen LogP contribution in [0.25, 0.3) is 0 Å². The van der Waals surface area contributed by atoms with Crippen LogP contribution >= 0.6 is 0 Å². The van der Waals surface area contributed by atoms with Crippen LogP contribution in [0.3, 0.4) is 0 Å². The number of para-hydroxylation sites is 1. The summed E-state index contributed by atoms with van der Waals surface area (Å²) >= 11 is 0.